The number of aryl methyl sites for hydroxylation is 1. The standard InChI is InChI=1S/C19H25N5O2/c1-4-5-6-11-20-18-12-17(21-13(2)22-18)19(26)24-16-9-7-15(8-10-16)23-14(3)25/h7-10,12H,4-6,11H2,1-3H3,(H,23,25)(H,24,26)(H,20,21,22). The highest BCUT2D eigenvalue weighted by Crippen LogP contribution is 2.15. The minimum atomic E-state index is -0.306. The fourth-order valence-electron chi connectivity index (χ4n) is 2.40. The minimum absolute atomic E-state index is 0.141. The third-order valence-corrected chi connectivity index (χ3v) is 3.62. The fourth-order valence-corrected chi connectivity index (χ4v) is 2.40. The highest BCUT2D eigenvalue weighted by atomic mass is 16.2. The lowest BCUT2D eigenvalue weighted by Gasteiger charge is -2.09. The van der Waals surface area contributed by atoms with Gasteiger partial charge in [-0.2, -0.15) is 0 Å². The number of carbonyl (C=O) groups excluding carboxylic acids is 2. The van der Waals surface area contributed by atoms with Crippen LogP contribution in [0.4, 0.5) is 17.2 Å². The van der Waals surface area contributed by atoms with E-state index in [2.05, 4.69) is 32.8 Å². The van der Waals surface area contributed by atoms with E-state index in [1.165, 1.54) is 6.92 Å². The number of nitrogens with zero attached hydrogens (tertiary/aromatic N) is 2. The summed E-state index contributed by atoms with van der Waals surface area (Å²) in [7, 11) is 0. The third kappa shape index (κ3) is 6.16. The van der Waals surface area contributed by atoms with Crippen molar-refractivity contribution in [3.05, 3.63) is 41.9 Å². The Balaban J connectivity index is 2.02. The number of nitrogens with one attached hydrogen (secondary N) is 3. The molecule has 0 fully saturated rings. The van der Waals surface area contributed by atoms with Crippen molar-refractivity contribution in [1.29, 1.82) is 0 Å². The lowest BCUT2D eigenvalue weighted by Crippen LogP contribution is -2.16. The Hall–Kier alpha value is -2.96. The van der Waals surface area contributed by atoms with E-state index in [1.54, 1.807) is 37.3 Å². The zero-order chi connectivity index (χ0) is 18.9. The lowest BCUT2D eigenvalue weighted by molar-refractivity contribution is -0.114. The van der Waals surface area contributed by atoms with Crippen LogP contribution in [0, 0.1) is 6.92 Å². The Bertz CT molecular complexity index is 759. The van der Waals surface area contributed by atoms with Crippen molar-refractivity contribution >= 4 is 29.0 Å². The number of rotatable bonds is 8. The number of benzene rings is 1. The largest absolute Gasteiger partial charge is 0.370 e. The SMILES string of the molecule is CCCCCNc1cc(C(=O)Nc2ccc(NC(C)=O)cc2)nc(C)n1. The maximum Gasteiger partial charge on any atom is 0.274 e. The van der Waals surface area contributed by atoms with Gasteiger partial charge in [0.05, 0.1) is 0 Å². The van der Waals surface area contributed by atoms with E-state index in [1.807, 2.05) is 0 Å². The first-order chi connectivity index (χ1) is 12.5. The first-order valence-electron chi connectivity index (χ1n) is 8.76. The van der Waals surface area contributed by atoms with Gasteiger partial charge in [0.25, 0.3) is 5.91 Å². The lowest BCUT2D eigenvalue weighted by atomic mass is 10.2. The minimum Gasteiger partial charge on any atom is -0.370 e. The summed E-state index contributed by atoms with van der Waals surface area (Å²) in [4.78, 5) is 32.0. The monoisotopic (exact) mass is 355 g/mol. The predicted octanol–water partition coefficient (Wildman–Crippen LogP) is 3.60. The number of hydrogen-bond acceptors (Lipinski definition) is 5. The molecule has 3 N–H and O–H groups in total. The summed E-state index contributed by atoms with van der Waals surface area (Å²) < 4.78 is 0. The van der Waals surface area contributed by atoms with Crippen LogP contribution in [0.2, 0.25) is 0 Å². The topological polar surface area (TPSA) is 96.0 Å². The van der Waals surface area contributed by atoms with E-state index in [0.29, 0.717) is 28.7 Å². The van der Waals surface area contributed by atoms with E-state index in [9.17, 15) is 9.59 Å². The Labute approximate surface area is 153 Å². The zero-order valence-electron chi connectivity index (χ0n) is 15.4. The predicted molar refractivity (Wildman–Crippen MR) is 103 cm³/mol. The van der Waals surface area contributed by atoms with Gasteiger partial charge < -0.3 is 16.0 Å². The maximum atomic E-state index is 12.5. The Kier molecular flexibility index (Phi) is 7.08. The van der Waals surface area contributed by atoms with Gasteiger partial charge in [0.2, 0.25) is 5.91 Å². The molecule has 2 aromatic rings. The van der Waals surface area contributed by atoms with E-state index >= 15 is 0 Å². The van der Waals surface area contributed by atoms with Crippen LogP contribution in [-0.2, 0) is 4.79 Å². The Morgan fingerprint density at radius 2 is 1.65 bits per heavy atom. The molecule has 0 aliphatic rings. The van der Waals surface area contributed by atoms with Crippen molar-refractivity contribution < 1.29 is 9.59 Å². The number of anilines is 3. The van der Waals surface area contributed by atoms with Crippen LogP contribution >= 0.6 is 0 Å². The molecule has 0 unspecified atom stereocenters. The van der Waals surface area contributed by atoms with Gasteiger partial charge in [0, 0.05) is 30.9 Å². The van der Waals surface area contributed by atoms with Gasteiger partial charge in [-0.25, -0.2) is 9.97 Å². The van der Waals surface area contributed by atoms with Gasteiger partial charge in [-0.3, -0.25) is 9.59 Å². The van der Waals surface area contributed by atoms with E-state index in [0.717, 1.165) is 25.8 Å². The van der Waals surface area contributed by atoms with Gasteiger partial charge >= 0.3 is 0 Å². The molecular weight excluding hydrogens is 330 g/mol. The molecular formula is C19H25N5O2. The molecule has 7 nitrogen and oxygen atoms in total. The second kappa shape index (κ2) is 9.50. The molecule has 26 heavy (non-hydrogen) atoms. The first kappa shape index (κ1) is 19.4. The van der Waals surface area contributed by atoms with Crippen LogP contribution in [0.5, 0.6) is 0 Å². The van der Waals surface area contributed by atoms with Crippen molar-refractivity contribution in [1.82, 2.24) is 9.97 Å². The van der Waals surface area contributed by atoms with Crippen LogP contribution in [0.15, 0.2) is 30.3 Å². The van der Waals surface area contributed by atoms with Crippen LogP contribution in [-0.4, -0.2) is 28.3 Å². The van der Waals surface area contributed by atoms with Crippen molar-refractivity contribution in [2.75, 3.05) is 22.5 Å². The van der Waals surface area contributed by atoms with Crippen LogP contribution in [0.1, 0.15) is 49.4 Å². The molecule has 1 heterocycles. The van der Waals surface area contributed by atoms with Gasteiger partial charge in [0.15, 0.2) is 0 Å². The number of amides is 2. The van der Waals surface area contributed by atoms with Gasteiger partial charge in [-0.1, -0.05) is 19.8 Å². The number of hydrogen-bond donors (Lipinski definition) is 3. The molecule has 2 rings (SSSR count). The van der Waals surface area contributed by atoms with Crippen molar-refractivity contribution in [3.8, 4) is 0 Å². The fraction of sp³-hybridized carbons (Fsp3) is 0.368. The van der Waals surface area contributed by atoms with Gasteiger partial charge in [-0.05, 0) is 37.6 Å². The normalized spacial score (nSPS) is 10.3. The average molecular weight is 355 g/mol. The van der Waals surface area contributed by atoms with Crippen LogP contribution in [0.25, 0.3) is 0 Å². The Morgan fingerprint density at radius 3 is 2.27 bits per heavy atom. The van der Waals surface area contributed by atoms with E-state index in [4.69, 9.17) is 0 Å². The zero-order valence-corrected chi connectivity index (χ0v) is 15.4. The second-order valence-corrected chi connectivity index (χ2v) is 6.03. The summed E-state index contributed by atoms with van der Waals surface area (Å²) in [5, 5.41) is 8.71. The Morgan fingerprint density at radius 1 is 1.00 bits per heavy atom. The summed E-state index contributed by atoms with van der Waals surface area (Å²) in [5.41, 5.74) is 1.60. The van der Waals surface area contributed by atoms with Crippen LogP contribution < -0.4 is 16.0 Å². The number of aromatic nitrogens is 2. The third-order valence-electron chi connectivity index (χ3n) is 3.62. The smallest absolute Gasteiger partial charge is 0.274 e. The molecule has 7 heteroatoms. The maximum absolute atomic E-state index is 12.5. The molecule has 0 spiro atoms. The molecule has 0 radical (unpaired) electrons. The van der Waals surface area contributed by atoms with E-state index in [-0.39, 0.29) is 11.8 Å². The van der Waals surface area contributed by atoms with E-state index < -0.39 is 0 Å². The average Bonchev–Trinajstić information content (AvgIpc) is 2.59. The molecule has 0 atom stereocenters. The first-order valence-corrected chi connectivity index (χ1v) is 8.76. The summed E-state index contributed by atoms with van der Waals surface area (Å²) in [6.07, 6.45) is 3.36. The molecule has 0 saturated carbocycles. The van der Waals surface area contributed by atoms with Gasteiger partial charge in [0.1, 0.15) is 17.3 Å². The number of unbranched alkanes of at least 4 members (excludes halogenated alkanes) is 2. The molecule has 0 aliphatic heterocycles. The van der Waals surface area contributed by atoms with Crippen molar-refractivity contribution in [3.63, 3.8) is 0 Å². The summed E-state index contributed by atoms with van der Waals surface area (Å²) in [6, 6.07) is 8.55. The molecule has 138 valence electrons. The summed E-state index contributed by atoms with van der Waals surface area (Å²) >= 11 is 0. The number of carbonyl (C=O) groups is 2. The molecule has 0 bridgehead atoms. The molecule has 2 amide bonds. The van der Waals surface area contributed by atoms with Crippen molar-refractivity contribution in [2.24, 2.45) is 0 Å². The molecule has 0 saturated heterocycles. The summed E-state index contributed by atoms with van der Waals surface area (Å²) in [5.74, 6) is 0.744. The van der Waals surface area contributed by atoms with Gasteiger partial charge in [-0.15, -0.1) is 0 Å². The van der Waals surface area contributed by atoms with Crippen molar-refractivity contribution in [2.45, 2.75) is 40.0 Å². The molecule has 1 aromatic carbocycles. The second-order valence-electron chi connectivity index (χ2n) is 6.03. The quantitative estimate of drug-likeness (QED) is 0.629. The van der Waals surface area contributed by atoms with Crippen LogP contribution in [0.3, 0.4) is 0 Å². The molecule has 0 aliphatic carbocycles. The summed E-state index contributed by atoms with van der Waals surface area (Å²) in [6.45, 7) is 6.17. The molecule has 1 aromatic heterocycles. The highest BCUT2D eigenvalue weighted by molar-refractivity contribution is 6.03. The highest BCUT2D eigenvalue weighted by Gasteiger charge is 2.11.